The maximum absolute atomic E-state index is 11.5. The van der Waals surface area contributed by atoms with Crippen molar-refractivity contribution in [3.8, 4) is 0 Å². The Labute approximate surface area is 81.7 Å². The summed E-state index contributed by atoms with van der Waals surface area (Å²) in [6, 6.07) is 0.463. The fourth-order valence-electron chi connectivity index (χ4n) is 1.46. The van der Waals surface area contributed by atoms with E-state index in [1.807, 2.05) is 0 Å². The molecule has 14 heavy (non-hydrogen) atoms. The summed E-state index contributed by atoms with van der Waals surface area (Å²) in [7, 11) is 0. The maximum Gasteiger partial charge on any atom is 0.254 e. The molecule has 3 N–H and O–H groups in total. The summed E-state index contributed by atoms with van der Waals surface area (Å²) in [4.78, 5) is 19.1. The number of rotatable bonds is 2. The molecule has 5 nitrogen and oxygen atoms in total. The molecule has 1 aromatic rings. The van der Waals surface area contributed by atoms with E-state index in [-0.39, 0.29) is 18.0 Å². The number of aromatic nitrogens is 2. The van der Waals surface area contributed by atoms with Crippen LogP contribution in [-0.4, -0.2) is 28.0 Å². The van der Waals surface area contributed by atoms with Gasteiger partial charge in [0.15, 0.2) is 0 Å². The average molecular weight is 192 g/mol. The van der Waals surface area contributed by atoms with E-state index in [0.29, 0.717) is 5.56 Å². The zero-order chi connectivity index (χ0) is 9.97. The minimum Gasteiger partial charge on any atom is -0.349 e. The highest BCUT2D eigenvalue weighted by atomic mass is 16.1. The first-order chi connectivity index (χ1) is 6.75. The third-order valence-electron chi connectivity index (χ3n) is 2.33. The normalized spacial score (nSPS) is 25.2. The number of nitrogens with one attached hydrogen (secondary N) is 1. The molecule has 5 heteroatoms. The van der Waals surface area contributed by atoms with Crippen LogP contribution in [0, 0.1) is 0 Å². The summed E-state index contributed by atoms with van der Waals surface area (Å²) >= 11 is 0. The minimum atomic E-state index is -0.123. The predicted octanol–water partition coefficient (Wildman–Crippen LogP) is -0.304. The Morgan fingerprint density at radius 2 is 2.07 bits per heavy atom. The van der Waals surface area contributed by atoms with Crippen LogP contribution in [0.15, 0.2) is 18.7 Å². The minimum absolute atomic E-state index is 0.123. The topological polar surface area (TPSA) is 80.9 Å². The first kappa shape index (κ1) is 9.08. The largest absolute Gasteiger partial charge is 0.349 e. The molecule has 1 heterocycles. The van der Waals surface area contributed by atoms with E-state index in [9.17, 15) is 4.79 Å². The molecule has 1 aliphatic rings. The fraction of sp³-hybridized carbons (Fsp3) is 0.444. The Kier molecular flexibility index (Phi) is 2.41. The second-order valence-electron chi connectivity index (χ2n) is 3.53. The third-order valence-corrected chi connectivity index (χ3v) is 2.33. The van der Waals surface area contributed by atoms with Crippen molar-refractivity contribution >= 4 is 5.91 Å². The molecule has 2 rings (SSSR count). The second kappa shape index (κ2) is 3.71. The Bertz CT molecular complexity index is 321. The highest BCUT2D eigenvalue weighted by Gasteiger charge is 2.27. The maximum atomic E-state index is 11.5. The van der Waals surface area contributed by atoms with Crippen LogP contribution in [-0.2, 0) is 0 Å². The lowest BCUT2D eigenvalue weighted by Gasteiger charge is -2.32. The molecule has 74 valence electrons. The van der Waals surface area contributed by atoms with E-state index in [4.69, 9.17) is 5.73 Å². The van der Waals surface area contributed by atoms with Crippen LogP contribution < -0.4 is 11.1 Å². The summed E-state index contributed by atoms with van der Waals surface area (Å²) in [6.45, 7) is 0. The second-order valence-corrected chi connectivity index (χ2v) is 3.53. The van der Waals surface area contributed by atoms with Gasteiger partial charge in [-0.2, -0.15) is 0 Å². The van der Waals surface area contributed by atoms with Crippen LogP contribution in [0.3, 0.4) is 0 Å². The van der Waals surface area contributed by atoms with Gasteiger partial charge in [-0.3, -0.25) is 4.79 Å². The quantitative estimate of drug-likeness (QED) is 0.674. The molecule has 1 fully saturated rings. The summed E-state index contributed by atoms with van der Waals surface area (Å²) in [5, 5.41) is 2.86. The lowest BCUT2D eigenvalue weighted by molar-refractivity contribution is 0.0909. The molecule has 1 aromatic heterocycles. The van der Waals surface area contributed by atoms with Gasteiger partial charge < -0.3 is 11.1 Å². The summed E-state index contributed by atoms with van der Waals surface area (Å²) < 4.78 is 0. The number of amides is 1. The summed E-state index contributed by atoms with van der Waals surface area (Å²) in [5.74, 6) is -0.123. The van der Waals surface area contributed by atoms with Crippen LogP contribution in [0.1, 0.15) is 23.2 Å². The highest BCUT2D eigenvalue weighted by molar-refractivity contribution is 5.93. The molecule has 1 aliphatic carbocycles. The monoisotopic (exact) mass is 192 g/mol. The van der Waals surface area contributed by atoms with E-state index in [1.54, 1.807) is 0 Å². The molecule has 1 saturated carbocycles. The SMILES string of the molecule is NC1CC(NC(=O)c2cncnc2)C1. The van der Waals surface area contributed by atoms with Crippen LogP contribution >= 0.6 is 0 Å². The Morgan fingerprint density at radius 3 is 2.64 bits per heavy atom. The first-order valence-electron chi connectivity index (χ1n) is 4.57. The number of nitrogens with two attached hydrogens (primary N) is 1. The molecule has 0 bridgehead atoms. The van der Waals surface area contributed by atoms with E-state index >= 15 is 0 Å². The molecule has 0 saturated heterocycles. The van der Waals surface area contributed by atoms with E-state index in [1.165, 1.54) is 18.7 Å². The average Bonchev–Trinajstić information content (AvgIpc) is 2.17. The molecular weight excluding hydrogens is 180 g/mol. The number of carbonyl (C=O) groups is 1. The van der Waals surface area contributed by atoms with Gasteiger partial charge in [0.25, 0.3) is 5.91 Å². The van der Waals surface area contributed by atoms with Crippen molar-refractivity contribution in [2.24, 2.45) is 5.73 Å². The summed E-state index contributed by atoms with van der Waals surface area (Å²) in [6.07, 6.45) is 6.12. The standard InChI is InChI=1S/C9H12N4O/c10-7-1-8(2-7)13-9(14)6-3-11-5-12-4-6/h3-5,7-8H,1-2,10H2,(H,13,14). The molecule has 0 atom stereocenters. The molecule has 1 amide bonds. The zero-order valence-electron chi connectivity index (χ0n) is 7.68. The lowest BCUT2D eigenvalue weighted by Crippen LogP contribution is -2.50. The van der Waals surface area contributed by atoms with E-state index < -0.39 is 0 Å². The van der Waals surface area contributed by atoms with Crippen molar-refractivity contribution in [2.45, 2.75) is 24.9 Å². The Balaban J connectivity index is 1.90. The van der Waals surface area contributed by atoms with E-state index in [0.717, 1.165) is 12.8 Å². The van der Waals surface area contributed by atoms with Gasteiger partial charge >= 0.3 is 0 Å². The fourth-order valence-corrected chi connectivity index (χ4v) is 1.46. The lowest BCUT2D eigenvalue weighted by atomic mass is 9.87. The molecule has 0 aromatic carbocycles. The third kappa shape index (κ3) is 1.88. The molecule has 0 spiro atoms. The van der Waals surface area contributed by atoms with Crippen molar-refractivity contribution < 1.29 is 4.79 Å². The molecular formula is C9H12N4O. The van der Waals surface area contributed by atoms with Crippen molar-refractivity contribution in [1.29, 1.82) is 0 Å². The molecule has 0 aliphatic heterocycles. The smallest absolute Gasteiger partial charge is 0.254 e. The van der Waals surface area contributed by atoms with Crippen LogP contribution in [0.25, 0.3) is 0 Å². The van der Waals surface area contributed by atoms with Crippen molar-refractivity contribution in [1.82, 2.24) is 15.3 Å². The Morgan fingerprint density at radius 1 is 1.43 bits per heavy atom. The van der Waals surface area contributed by atoms with Crippen molar-refractivity contribution in [3.63, 3.8) is 0 Å². The number of hydrogen-bond acceptors (Lipinski definition) is 4. The highest BCUT2D eigenvalue weighted by Crippen LogP contribution is 2.17. The van der Waals surface area contributed by atoms with Crippen LogP contribution in [0.4, 0.5) is 0 Å². The first-order valence-corrected chi connectivity index (χ1v) is 4.57. The molecule has 0 unspecified atom stereocenters. The number of hydrogen-bond donors (Lipinski definition) is 2. The van der Waals surface area contributed by atoms with Crippen LogP contribution in [0.2, 0.25) is 0 Å². The van der Waals surface area contributed by atoms with Gasteiger partial charge in [0, 0.05) is 24.5 Å². The van der Waals surface area contributed by atoms with Gasteiger partial charge in [0.1, 0.15) is 6.33 Å². The van der Waals surface area contributed by atoms with Crippen molar-refractivity contribution in [2.75, 3.05) is 0 Å². The van der Waals surface area contributed by atoms with Gasteiger partial charge in [0.2, 0.25) is 0 Å². The number of carbonyl (C=O) groups excluding carboxylic acids is 1. The van der Waals surface area contributed by atoms with Gasteiger partial charge in [-0.1, -0.05) is 0 Å². The van der Waals surface area contributed by atoms with Gasteiger partial charge in [-0.25, -0.2) is 9.97 Å². The number of nitrogens with zero attached hydrogens (tertiary/aromatic N) is 2. The summed E-state index contributed by atoms with van der Waals surface area (Å²) in [5.41, 5.74) is 6.10. The molecule has 0 radical (unpaired) electrons. The van der Waals surface area contributed by atoms with Gasteiger partial charge in [0.05, 0.1) is 5.56 Å². The van der Waals surface area contributed by atoms with E-state index in [2.05, 4.69) is 15.3 Å². The van der Waals surface area contributed by atoms with Gasteiger partial charge in [-0.15, -0.1) is 0 Å². The Hall–Kier alpha value is -1.49. The predicted molar refractivity (Wildman–Crippen MR) is 50.5 cm³/mol. The van der Waals surface area contributed by atoms with Crippen molar-refractivity contribution in [3.05, 3.63) is 24.3 Å². The van der Waals surface area contributed by atoms with Gasteiger partial charge in [-0.05, 0) is 12.8 Å². The van der Waals surface area contributed by atoms with Crippen LogP contribution in [0.5, 0.6) is 0 Å². The zero-order valence-corrected chi connectivity index (χ0v) is 7.68.